The summed E-state index contributed by atoms with van der Waals surface area (Å²) in [5.74, 6) is -0.400. The second-order valence-electron chi connectivity index (χ2n) is 11.9. The molecule has 2 unspecified atom stereocenters. The van der Waals surface area contributed by atoms with Gasteiger partial charge in [-0.2, -0.15) is 0 Å². The first-order valence-corrected chi connectivity index (χ1v) is 14.6. The number of aliphatic hydroxyl groups excluding tert-OH is 1. The summed E-state index contributed by atoms with van der Waals surface area (Å²) < 4.78 is 19.7. The summed E-state index contributed by atoms with van der Waals surface area (Å²) in [5, 5.41) is 37.0. The van der Waals surface area contributed by atoms with Crippen LogP contribution in [0.15, 0.2) is 54.7 Å². The van der Waals surface area contributed by atoms with Crippen molar-refractivity contribution in [1.82, 2.24) is 15.3 Å². The Hall–Kier alpha value is -3.63. The zero-order valence-electron chi connectivity index (χ0n) is 24.5. The quantitative estimate of drug-likeness (QED) is 0.186. The average molecular weight is 608 g/mol. The van der Waals surface area contributed by atoms with Crippen LogP contribution in [0.25, 0.3) is 22.2 Å². The average Bonchev–Trinajstić information content (AvgIpc) is 3.75. The molecule has 1 fully saturated rings. The maximum atomic E-state index is 13.7. The van der Waals surface area contributed by atoms with E-state index in [0.29, 0.717) is 22.4 Å². The molecule has 0 spiro atoms. The maximum Gasteiger partial charge on any atom is 0.251 e. The molecule has 2 heterocycles. The molecule has 1 aliphatic carbocycles. The van der Waals surface area contributed by atoms with Gasteiger partial charge in [-0.25, -0.2) is 9.37 Å². The number of hydrogen-bond acceptors (Lipinski definition) is 7. The van der Waals surface area contributed by atoms with Crippen LogP contribution in [0.2, 0.25) is 5.02 Å². The van der Waals surface area contributed by atoms with Gasteiger partial charge in [-0.3, -0.25) is 9.78 Å². The van der Waals surface area contributed by atoms with Gasteiger partial charge in [-0.1, -0.05) is 11.6 Å². The molecule has 226 valence electrons. The summed E-state index contributed by atoms with van der Waals surface area (Å²) in [6.45, 7) is 6.19. The van der Waals surface area contributed by atoms with Crippen molar-refractivity contribution in [1.29, 1.82) is 0 Å². The van der Waals surface area contributed by atoms with Crippen LogP contribution < -0.4 is 10.1 Å². The fraction of sp³-hybridized carbons (Fsp3) is 0.364. The van der Waals surface area contributed by atoms with E-state index in [1.807, 2.05) is 13.0 Å². The molecule has 2 atom stereocenters. The third kappa shape index (κ3) is 6.96. The Bertz CT molecular complexity index is 1670. The number of benzene rings is 2. The van der Waals surface area contributed by atoms with E-state index in [9.17, 15) is 24.5 Å². The van der Waals surface area contributed by atoms with E-state index in [4.69, 9.17) is 16.3 Å². The number of hydrogen-bond donors (Lipinski definition) is 4. The lowest BCUT2D eigenvalue weighted by Crippen LogP contribution is -2.43. The van der Waals surface area contributed by atoms with Crippen LogP contribution in [-0.2, 0) is 11.2 Å². The number of ether oxygens (including phenoxy) is 1. The second-order valence-corrected chi connectivity index (χ2v) is 12.3. The Morgan fingerprint density at radius 3 is 2.49 bits per heavy atom. The number of halogens is 2. The summed E-state index contributed by atoms with van der Waals surface area (Å²) in [5.41, 5.74) is -0.364. The number of aryl methyl sites for hydroxylation is 1. The molecule has 1 aliphatic rings. The fourth-order valence-electron chi connectivity index (χ4n) is 5.01. The van der Waals surface area contributed by atoms with Gasteiger partial charge in [0.05, 0.1) is 40.8 Å². The summed E-state index contributed by atoms with van der Waals surface area (Å²) in [6.07, 6.45) is 2.56. The molecule has 0 saturated heterocycles. The monoisotopic (exact) mass is 607 g/mol. The Balaban J connectivity index is 1.52. The lowest BCUT2D eigenvalue weighted by Gasteiger charge is -2.32. The predicted octanol–water partition coefficient (Wildman–Crippen LogP) is 5.55. The first-order valence-electron chi connectivity index (χ1n) is 14.2. The van der Waals surface area contributed by atoms with E-state index in [0.717, 1.165) is 23.8 Å². The molecule has 0 bridgehead atoms. The molecule has 1 amide bonds. The second kappa shape index (κ2) is 11.8. The number of nitrogens with zero attached hydrogens (tertiary/aromatic N) is 2. The van der Waals surface area contributed by atoms with Gasteiger partial charge in [0.2, 0.25) is 0 Å². The van der Waals surface area contributed by atoms with E-state index in [2.05, 4.69) is 15.3 Å². The Morgan fingerprint density at radius 2 is 1.86 bits per heavy atom. The summed E-state index contributed by atoms with van der Waals surface area (Å²) in [4.78, 5) is 22.6. The van der Waals surface area contributed by atoms with Crippen molar-refractivity contribution in [3.8, 4) is 17.0 Å². The summed E-state index contributed by atoms with van der Waals surface area (Å²) in [6, 6.07) is 12.3. The van der Waals surface area contributed by atoms with E-state index in [1.54, 1.807) is 32.2 Å². The van der Waals surface area contributed by atoms with E-state index >= 15 is 0 Å². The third-order valence-corrected chi connectivity index (χ3v) is 7.73. The molecule has 1 saturated carbocycles. The third-order valence-electron chi connectivity index (χ3n) is 7.35. The number of pyridine rings is 2. The zero-order chi connectivity index (χ0) is 31.1. The molecule has 2 aromatic carbocycles. The lowest BCUT2D eigenvalue weighted by atomic mass is 9.87. The lowest BCUT2D eigenvalue weighted by molar-refractivity contribution is -0.0126. The first kappa shape index (κ1) is 30.8. The minimum absolute atomic E-state index is 0.0747. The molecule has 43 heavy (non-hydrogen) atoms. The zero-order valence-corrected chi connectivity index (χ0v) is 25.2. The van der Waals surface area contributed by atoms with Crippen molar-refractivity contribution in [3.63, 3.8) is 0 Å². The summed E-state index contributed by atoms with van der Waals surface area (Å²) in [7, 11) is 0. The van der Waals surface area contributed by atoms with Crippen LogP contribution in [0.4, 0.5) is 4.39 Å². The van der Waals surface area contributed by atoms with Crippen molar-refractivity contribution in [2.45, 2.75) is 70.4 Å². The molecule has 5 rings (SSSR count). The molecule has 0 aliphatic heterocycles. The number of rotatable bonds is 10. The number of nitrogens with one attached hydrogen (secondary N) is 1. The number of aromatic nitrogens is 2. The Morgan fingerprint density at radius 1 is 1.16 bits per heavy atom. The highest BCUT2D eigenvalue weighted by Gasteiger charge is 2.36. The molecular weight excluding hydrogens is 573 g/mol. The van der Waals surface area contributed by atoms with Crippen molar-refractivity contribution in [2.24, 2.45) is 0 Å². The van der Waals surface area contributed by atoms with Crippen LogP contribution in [0.3, 0.4) is 0 Å². The Kier molecular flexibility index (Phi) is 8.46. The smallest absolute Gasteiger partial charge is 0.251 e. The predicted molar refractivity (Wildman–Crippen MR) is 163 cm³/mol. The minimum atomic E-state index is -1.87. The molecule has 10 heteroatoms. The highest BCUT2D eigenvalue weighted by atomic mass is 35.5. The molecule has 2 aromatic heterocycles. The SMILES string of the molecule is Cc1cnc2c(OC3CC3)cc(C(=O)NCC(O)(CC(C)O)c3cc(C(C)(C)O)c(Cl)c(-c4ccc(F)cc4)n3)cc2c1. The van der Waals surface area contributed by atoms with Crippen LogP contribution in [0.5, 0.6) is 5.75 Å². The van der Waals surface area contributed by atoms with Gasteiger partial charge < -0.3 is 25.4 Å². The van der Waals surface area contributed by atoms with Crippen molar-refractivity contribution in [2.75, 3.05) is 6.54 Å². The van der Waals surface area contributed by atoms with Gasteiger partial charge >= 0.3 is 0 Å². The van der Waals surface area contributed by atoms with E-state index in [-0.39, 0.29) is 41.0 Å². The molecule has 4 aromatic rings. The molecule has 8 nitrogen and oxygen atoms in total. The van der Waals surface area contributed by atoms with Gasteiger partial charge in [-0.05, 0) is 94.6 Å². The van der Waals surface area contributed by atoms with Crippen LogP contribution in [0, 0.1) is 12.7 Å². The number of carbonyl (C=O) groups is 1. The number of aliphatic hydroxyl groups is 3. The van der Waals surface area contributed by atoms with E-state index in [1.165, 1.54) is 37.3 Å². The number of carbonyl (C=O) groups excluding carboxylic acids is 1. The van der Waals surface area contributed by atoms with Crippen LogP contribution in [-0.4, -0.2) is 49.9 Å². The van der Waals surface area contributed by atoms with E-state index < -0.39 is 29.0 Å². The summed E-state index contributed by atoms with van der Waals surface area (Å²) >= 11 is 6.68. The topological polar surface area (TPSA) is 125 Å². The molecule has 0 radical (unpaired) electrons. The Labute approximate surface area is 254 Å². The molecular formula is C33H35ClFN3O5. The highest BCUT2D eigenvalue weighted by molar-refractivity contribution is 6.34. The van der Waals surface area contributed by atoms with Crippen LogP contribution >= 0.6 is 11.6 Å². The van der Waals surface area contributed by atoms with Gasteiger partial charge in [0.25, 0.3) is 5.91 Å². The standard InChI is InChI=1S/C33H35ClFN3O5/c1-18-11-21-12-22(13-26(29(21)36-16-18)43-24-9-10-24)31(40)37-17-33(42,15-19(2)39)27-14-25(32(3,4)41)28(34)30(38-27)20-5-7-23(35)8-6-20/h5-8,11-14,16,19,24,39,41-42H,9-10,15,17H2,1-4H3,(H,37,40). The minimum Gasteiger partial charge on any atom is -0.488 e. The van der Waals surface area contributed by atoms with Gasteiger partial charge in [0.15, 0.2) is 0 Å². The fourth-order valence-corrected chi connectivity index (χ4v) is 5.45. The van der Waals surface area contributed by atoms with Gasteiger partial charge in [-0.15, -0.1) is 0 Å². The van der Waals surface area contributed by atoms with Gasteiger partial charge in [0.1, 0.15) is 22.7 Å². The first-order chi connectivity index (χ1) is 20.2. The van der Waals surface area contributed by atoms with Crippen molar-refractivity contribution in [3.05, 3.63) is 88.0 Å². The van der Waals surface area contributed by atoms with Crippen molar-refractivity contribution >= 4 is 28.4 Å². The van der Waals surface area contributed by atoms with Gasteiger partial charge in [0, 0.05) is 34.7 Å². The normalized spacial score (nSPS) is 15.7. The maximum absolute atomic E-state index is 13.7. The molecule has 4 N–H and O–H groups in total. The highest BCUT2D eigenvalue weighted by Crippen LogP contribution is 2.39. The van der Waals surface area contributed by atoms with Crippen LogP contribution in [0.1, 0.15) is 67.2 Å². The number of amides is 1. The number of fused-ring (bicyclic) bond motifs is 1. The largest absolute Gasteiger partial charge is 0.488 e. The van der Waals surface area contributed by atoms with Crippen molar-refractivity contribution < 1.29 is 29.2 Å².